The molecule has 4 aromatic rings. The van der Waals surface area contributed by atoms with E-state index in [1.807, 2.05) is 24.3 Å². The Morgan fingerprint density at radius 3 is 2.85 bits per heavy atom. The van der Waals surface area contributed by atoms with Crippen LogP contribution >= 0.6 is 11.6 Å². The summed E-state index contributed by atoms with van der Waals surface area (Å²) in [6.45, 7) is 0. The number of ether oxygens (including phenoxy) is 2. The number of carbonyl (C=O) groups excluding carboxylic acids is 1. The van der Waals surface area contributed by atoms with Gasteiger partial charge in [0, 0.05) is 12.6 Å². The molecule has 0 atom stereocenters. The first-order valence-electron chi connectivity index (χ1n) is 8.14. The zero-order valence-electron chi connectivity index (χ0n) is 14.6. The second-order valence-electron chi connectivity index (χ2n) is 5.92. The first-order chi connectivity index (χ1) is 13.1. The van der Waals surface area contributed by atoms with Crippen LogP contribution in [-0.2, 0) is 11.2 Å². The van der Waals surface area contributed by atoms with Crippen LogP contribution in [-0.4, -0.2) is 40.1 Å². The summed E-state index contributed by atoms with van der Waals surface area (Å²) in [6.07, 6.45) is 1.95. The molecule has 1 aromatic carbocycles. The summed E-state index contributed by atoms with van der Waals surface area (Å²) in [6, 6.07) is 9.35. The third-order valence-corrected chi connectivity index (χ3v) is 4.48. The topological polar surface area (TPSA) is 90.0 Å². The van der Waals surface area contributed by atoms with Gasteiger partial charge in [0.25, 0.3) is 0 Å². The molecule has 0 saturated heterocycles. The molecule has 0 aliphatic carbocycles. The first kappa shape index (κ1) is 17.2. The Balaban J connectivity index is 1.78. The smallest absolute Gasteiger partial charge is 0.339 e. The Morgan fingerprint density at radius 2 is 2.07 bits per heavy atom. The van der Waals surface area contributed by atoms with Gasteiger partial charge in [-0.1, -0.05) is 23.7 Å². The fraction of sp³-hybridized carbons (Fsp3) is 0.158. The van der Waals surface area contributed by atoms with Gasteiger partial charge < -0.3 is 14.5 Å². The van der Waals surface area contributed by atoms with Gasteiger partial charge in [-0.3, -0.25) is 4.98 Å². The van der Waals surface area contributed by atoms with E-state index in [0.717, 1.165) is 11.3 Å². The van der Waals surface area contributed by atoms with Crippen LogP contribution in [0, 0.1) is 0 Å². The average molecular weight is 383 g/mol. The molecule has 3 aromatic heterocycles. The Kier molecular flexibility index (Phi) is 4.37. The zero-order chi connectivity index (χ0) is 19.0. The van der Waals surface area contributed by atoms with E-state index < -0.39 is 5.97 Å². The third-order valence-electron chi connectivity index (χ3n) is 4.21. The van der Waals surface area contributed by atoms with E-state index in [9.17, 15) is 4.79 Å². The number of rotatable bonds is 4. The normalized spacial score (nSPS) is 11.1. The monoisotopic (exact) mass is 382 g/mol. The molecule has 0 amide bonds. The van der Waals surface area contributed by atoms with Crippen molar-refractivity contribution < 1.29 is 14.3 Å². The summed E-state index contributed by atoms with van der Waals surface area (Å²) >= 11 is 6.41. The van der Waals surface area contributed by atoms with Crippen LogP contribution in [0.5, 0.6) is 5.75 Å². The van der Waals surface area contributed by atoms with E-state index in [-0.39, 0.29) is 0 Å². The number of aromatic amines is 1. The number of nitrogens with one attached hydrogen (secondary N) is 1. The van der Waals surface area contributed by atoms with Gasteiger partial charge in [-0.15, -0.1) is 0 Å². The number of esters is 1. The molecule has 4 rings (SSSR count). The predicted octanol–water partition coefficient (Wildman–Crippen LogP) is 3.55. The Bertz CT molecular complexity index is 1170. The molecule has 0 spiro atoms. The molecular weight excluding hydrogens is 368 g/mol. The highest BCUT2D eigenvalue weighted by Crippen LogP contribution is 2.29. The Labute approximate surface area is 159 Å². The number of fused-ring (bicyclic) bond motifs is 3. The van der Waals surface area contributed by atoms with Crippen molar-refractivity contribution in [1.29, 1.82) is 0 Å². The highest BCUT2D eigenvalue weighted by Gasteiger charge is 2.16. The number of halogens is 1. The van der Waals surface area contributed by atoms with E-state index in [1.54, 1.807) is 13.2 Å². The van der Waals surface area contributed by atoms with Gasteiger partial charge in [0.05, 0.1) is 30.7 Å². The number of hydrogen-bond acceptors (Lipinski definition) is 6. The first-order valence-corrected chi connectivity index (χ1v) is 8.52. The van der Waals surface area contributed by atoms with E-state index in [2.05, 4.69) is 19.9 Å². The third kappa shape index (κ3) is 3.17. The molecule has 27 heavy (non-hydrogen) atoms. The summed E-state index contributed by atoms with van der Waals surface area (Å²) in [4.78, 5) is 28.2. The summed E-state index contributed by atoms with van der Waals surface area (Å²) in [5.41, 5.74) is 3.17. The van der Waals surface area contributed by atoms with E-state index >= 15 is 0 Å². The van der Waals surface area contributed by atoms with Crippen molar-refractivity contribution in [2.45, 2.75) is 6.42 Å². The molecule has 0 bridgehead atoms. The van der Waals surface area contributed by atoms with Gasteiger partial charge in [-0.25, -0.2) is 14.8 Å². The van der Waals surface area contributed by atoms with Crippen molar-refractivity contribution in [2.24, 2.45) is 0 Å². The second-order valence-corrected chi connectivity index (χ2v) is 6.28. The number of hydrogen-bond donors (Lipinski definition) is 1. The van der Waals surface area contributed by atoms with E-state index in [0.29, 0.717) is 45.0 Å². The van der Waals surface area contributed by atoms with Crippen LogP contribution in [0.4, 0.5) is 0 Å². The zero-order valence-corrected chi connectivity index (χ0v) is 15.4. The van der Waals surface area contributed by atoms with Crippen molar-refractivity contribution in [2.75, 3.05) is 14.2 Å². The van der Waals surface area contributed by atoms with Crippen molar-refractivity contribution >= 4 is 39.6 Å². The number of carbonyl (C=O) groups is 1. The number of H-pyrrole nitrogens is 1. The van der Waals surface area contributed by atoms with Crippen LogP contribution in [0.1, 0.15) is 21.7 Å². The molecule has 0 aliphatic heterocycles. The van der Waals surface area contributed by atoms with E-state index in [1.165, 1.54) is 13.3 Å². The largest absolute Gasteiger partial charge is 0.497 e. The molecule has 7 nitrogen and oxygen atoms in total. The number of aromatic nitrogens is 4. The molecule has 0 aliphatic rings. The minimum atomic E-state index is -0.459. The van der Waals surface area contributed by atoms with Crippen LogP contribution in [0.3, 0.4) is 0 Å². The number of benzene rings is 1. The quantitative estimate of drug-likeness (QED) is 0.429. The Hall–Kier alpha value is -3.19. The summed E-state index contributed by atoms with van der Waals surface area (Å²) in [5, 5.41) is 0.930. The lowest BCUT2D eigenvalue weighted by molar-refractivity contribution is 0.0600. The molecule has 8 heteroatoms. The molecule has 0 fully saturated rings. The number of nitrogens with zero attached hydrogens (tertiary/aromatic N) is 3. The van der Waals surface area contributed by atoms with Gasteiger partial charge in [-0.05, 0) is 23.8 Å². The summed E-state index contributed by atoms with van der Waals surface area (Å²) < 4.78 is 9.98. The van der Waals surface area contributed by atoms with Gasteiger partial charge in [0.15, 0.2) is 0 Å². The minimum absolute atomic E-state index is 0.308. The fourth-order valence-electron chi connectivity index (χ4n) is 2.94. The molecule has 1 N–H and O–H groups in total. The van der Waals surface area contributed by atoms with Gasteiger partial charge in [-0.2, -0.15) is 0 Å². The van der Waals surface area contributed by atoms with Crippen LogP contribution < -0.4 is 4.74 Å². The highest BCUT2D eigenvalue weighted by molar-refractivity contribution is 6.36. The maximum absolute atomic E-state index is 11.7. The molecule has 136 valence electrons. The molecule has 0 saturated carbocycles. The van der Waals surface area contributed by atoms with Crippen molar-refractivity contribution in [3.8, 4) is 5.75 Å². The standard InChI is InChI=1S/C19H15ClN4O3/c1-26-12-5-3-4-10(6-12)7-14-23-17(20)15-16-13(22-18(15)24-14)8-11(9-21-16)19(25)27-2/h3-6,8-9H,7H2,1-2H3,(H,22,23,24). The molecular formula is C19H15ClN4O3. The molecule has 3 heterocycles. The second kappa shape index (κ2) is 6.85. The fourth-order valence-corrected chi connectivity index (χ4v) is 3.21. The van der Waals surface area contributed by atoms with Gasteiger partial charge >= 0.3 is 5.97 Å². The predicted molar refractivity (Wildman–Crippen MR) is 101 cm³/mol. The maximum Gasteiger partial charge on any atom is 0.339 e. The average Bonchev–Trinajstić information content (AvgIpc) is 3.05. The maximum atomic E-state index is 11.7. The van der Waals surface area contributed by atoms with E-state index in [4.69, 9.17) is 21.1 Å². The van der Waals surface area contributed by atoms with Crippen molar-refractivity contribution in [3.05, 3.63) is 58.6 Å². The molecule has 0 unspecified atom stereocenters. The lowest BCUT2D eigenvalue weighted by Gasteiger charge is -2.04. The lowest BCUT2D eigenvalue weighted by Crippen LogP contribution is -2.01. The van der Waals surface area contributed by atoms with Crippen LogP contribution in [0.25, 0.3) is 22.1 Å². The van der Waals surface area contributed by atoms with Crippen molar-refractivity contribution in [3.63, 3.8) is 0 Å². The number of methoxy groups -OCH3 is 2. The van der Waals surface area contributed by atoms with Crippen molar-refractivity contribution in [1.82, 2.24) is 19.9 Å². The summed E-state index contributed by atoms with van der Waals surface area (Å²) in [5.74, 6) is 0.879. The SMILES string of the molecule is COC(=O)c1cnc2c(c1)[nH]c1nc(Cc3cccc(OC)c3)nc(Cl)c12. The minimum Gasteiger partial charge on any atom is -0.497 e. The van der Waals surface area contributed by atoms with Gasteiger partial charge in [0.1, 0.15) is 27.9 Å². The summed E-state index contributed by atoms with van der Waals surface area (Å²) in [7, 11) is 2.95. The van der Waals surface area contributed by atoms with Crippen LogP contribution in [0.15, 0.2) is 36.5 Å². The van der Waals surface area contributed by atoms with Gasteiger partial charge in [0.2, 0.25) is 0 Å². The Morgan fingerprint density at radius 1 is 1.22 bits per heavy atom. The number of pyridine rings is 1. The lowest BCUT2D eigenvalue weighted by atomic mass is 10.1. The highest BCUT2D eigenvalue weighted by atomic mass is 35.5. The van der Waals surface area contributed by atoms with Crippen LogP contribution in [0.2, 0.25) is 5.15 Å². The molecule has 0 radical (unpaired) electrons.